The summed E-state index contributed by atoms with van der Waals surface area (Å²) in [6.07, 6.45) is 2.69. The van der Waals surface area contributed by atoms with Crippen LogP contribution in [-0.2, 0) is 6.54 Å². The average Bonchev–Trinajstić information content (AvgIpc) is 2.92. The second-order valence-corrected chi connectivity index (χ2v) is 10.4. The van der Waals surface area contributed by atoms with Crippen LogP contribution < -0.4 is 15.8 Å². The molecule has 0 radical (unpaired) electrons. The lowest BCUT2D eigenvalue weighted by Gasteiger charge is -2.34. The van der Waals surface area contributed by atoms with Crippen LogP contribution in [0.1, 0.15) is 42.5 Å². The van der Waals surface area contributed by atoms with Crippen LogP contribution in [0.5, 0.6) is 0 Å². The second-order valence-electron chi connectivity index (χ2n) is 10.4. The molecule has 0 bridgehead atoms. The van der Waals surface area contributed by atoms with Crippen LogP contribution in [0.25, 0.3) is 6.08 Å². The van der Waals surface area contributed by atoms with E-state index in [0.29, 0.717) is 12.4 Å². The number of benzene rings is 2. The molecule has 1 aliphatic heterocycles. The Bertz CT molecular complexity index is 1350. The highest BCUT2D eigenvalue weighted by Gasteiger charge is 2.17. The highest BCUT2D eigenvalue weighted by molar-refractivity contribution is 5.98. The molecule has 1 fully saturated rings. The summed E-state index contributed by atoms with van der Waals surface area (Å²) in [5.74, 6) is 1.64. The Balaban J connectivity index is 1.68. The third-order valence-corrected chi connectivity index (χ3v) is 7.55. The van der Waals surface area contributed by atoms with Crippen molar-refractivity contribution in [2.75, 3.05) is 43.4 Å². The van der Waals surface area contributed by atoms with Crippen molar-refractivity contribution in [2.45, 2.75) is 40.7 Å². The number of aliphatic imine (C=N–C) groups is 1. The third kappa shape index (κ3) is 6.43. The van der Waals surface area contributed by atoms with E-state index >= 15 is 0 Å². The minimum atomic E-state index is -0.0738. The number of nitrogens with one attached hydrogen (secondary N) is 1. The number of anilines is 2. The molecule has 6 nitrogen and oxygen atoms in total. The number of likely N-dealkylation sites (N-methyl/N-ethyl adjacent to an activating group) is 1. The Morgan fingerprint density at radius 2 is 1.76 bits per heavy atom. The lowest BCUT2D eigenvalue weighted by molar-refractivity contribution is 0.313. The van der Waals surface area contributed by atoms with Crippen molar-refractivity contribution in [1.82, 2.24) is 9.47 Å². The molecule has 1 aromatic heterocycles. The van der Waals surface area contributed by atoms with E-state index in [0.717, 1.165) is 60.8 Å². The van der Waals surface area contributed by atoms with Gasteiger partial charge in [-0.2, -0.15) is 0 Å². The van der Waals surface area contributed by atoms with Crippen molar-refractivity contribution in [3.8, 4) is 0 Å². The second kappa shape index (κ2) is 12.3. The molecule has 1 unspecified atom stereocenters. The van der Waals surface area contributed by atoms with Crippen LogP contribution in [0.4, 0.5) is 17.2 Å². The molecule has 1 aliphatic rings. The van der Waals surface area contributed by atoms with Crippen LogP contribution in [0.3, 0.4) is 0 Å². The van der Waals surface area contributed by atoms with Crippen LogP contribution in [-0.4, -0.2) is 48.5 Å². The van der Waals surface area contributed by atoms with Gasteiger partial charge in [0.25, 0.3) is 5.56 Å². The van der Waals surface area contributed by atoms with Gasteiger partial charge >= 0.3 is 0 Å². The number of aryl methyl sites for hydroxylation is 2. The molecule has 38 heavy (non-hydrogen) atoms. The number of hydrogen-bond acceptors (Lipinski definition) is 4. The summed E-state index contributed by atoms with van der Waals surface area (Å²) in [4.78, 5) is 23.0. The van der Waals surface area contributed by atoms with Crippen molar-refractivity contribution in [3.63, 3.8) is 0 Å². The van der Waals surface area contributed by atoms with E-state index in [1.165, 1.54) is 11.3 Å². The minimum absolute atomic E-state index is 0.0738. The Morgan fingerprint density at radius 1 is 1.05 bits per heavy atom. The number of nitrogens with zero attached hydrogens (tertiary/aromatic N) is 4. The van der Waals surface area contributed by atoms with E-state index in [2.05, 4.69) is 98.9 Å². The molecule has 4 rings (SSSR count). The summed E-state index contributed by atoms with van der Waals surface area (Å²) in [7, 11) is 2.17. The predicted octanol–water partition coefficient (Wildman–Crippen LogP) is 6.10. The van der Waals surface area contributed by atoms with E-state index in [4.69, 9.17) is 4.99 Å². The Labute approximate surface area is 227 Å². The molecule has 1 atom stereocenters. The maximum atomic E-state index is 13.1. The summed E-state index contributed by atoms with van der Waals surface area (Å²) < 4.78 is 1.76. The number of amidine groups is 1. The number of aromatic nitrogens is 1. The van der Waals surface area contributed by atoms with Gasteiger partial charge in [-0.3, -0.25) is 9.36 Å². The van der Waals surface area contributed by atoms with Crippen LogP contribution in [0, 0.1) is 19.8 Å². The quantitative estimate of drug-likeness (QED) is 0.293. The molecule has 200 valence electrons. The molecule has 3 aromatic rings. The molecule has 0 aliphatic carbocycles. The fraction of sp³-hybridized carbons (Fsp3) is 0.375. The normalized spacial score (nSPS) is 15.4. The van der Waals surface area contributed by atoms with Gasteiger partial charge in [-0.25, -0.2) is 4.99 Å². The fourth-order valence-corrected chi connectivity index (χ4v) is 4.70. The topological polar surface area (TPSA) is 52.9 Å². The smallest absolute Gasteiger partial charge is 0.252 e. The lowest BCUT2D eigenvalue weighted by atomic mass is 10.1. The largest absolute Gasteiger partial charge is 0.369 e. The maximum absolute atomic E-state index is 13.1. The zero-order chi connectivity index (χ0) is 27.2. The standard InChI is InChI=1S/C32H41N5O/c1-7-24(4)31(33-28-12-14-29(15-13-28)36-19-17-35(6)18-20-36)34-32-26(8-2)11-16-30(38)37(32)22-27-21-23(3)9-10-25(27)5/h8-16,21,24H,2,7,17-20,22H2,1,3-6H3,(H,33,34). The van der Waals surface area contributed by atoms with Crippen molar-refractivity contribution in [1.29, 1.82) is 0 Å². The summed E-state index contributed by atoms with van der Waals surface area (Å²) in [6.45, 7) is 17.2. The van der Waals surface area contributed by atoms with E-state index in [1.54, 1.807) is 16.7 Å². The van der Waals surface area contributed by atoms with E-state index in [-0.39, 0.29) is 11.5 Å². The Kier molecular flexibility index (Phi) is 8.85. The van der Waals surface area contributed by atoms with Gasteiger partial charge < -0.3 is 15.1 Å². The number of piperazine rings is 1. The van der Waals surface area contributed by atoms with Gasteiger partial charge in [0.05, 0.1) is 6.54 Å². The minimum Gasteiger partial charge on any atom is -0.369 e. The lowest BCUT2D eigenvalue weighted by Crippen LogP contribution is -2.44. The van der Waals surface area contributed by atoms with Crippen LogP contribution in [0.15, 0.2) is 71.0 Å². The highest BCUT2D eigenvalue weighted by Crippen LogP contribution is 2.25. The first-order valence-electron chi connectivity index (χ1n) is 13.6. The number of pyridine rings is 1. The molecule has 6 heteroatoms. The maximum Gasteiger partial charge on any atom is 0.252 e. The zero-order valence-electron chi connectivity index (χ0n) is 23.5. The van der Waals surface area contributed by atoms with E-state index in [1.807, 2.05) is 6.07 Å². The number of rotatable bonds is 8. The summed E-state index contributed by atoms with van der Waals surface area (Å²) in [5, 5.41) is 3.57. The Morgan fingerprint density at radius 3 is 2.42 bits per heavy atom. The molecule has 2 heterocycles. The van der Waals surface area contributed by atoms with Crippen LogP contribution in [0.2, 0.25) is 0 Å². The molecule has 1 saturated heterocycles. The van der Waals surface area contributed by atoms with Gasteiger partial charge in [0.1, 0.15) is 11.7 Å². The van der Waals surface area contributed by atoms with Gasteiger partial charge in [0, 0.05) is 55.1 Å². The van der Waals surface area contributed by atoms with Crippen molar-refractivity contribution >= 4 is 29.1 Å². The SMILES string of the molecule is C=Cc1ccc(=O)n(Cc2cc(C)ccc2C)c1N=C(Nc1ccc(N2CCN(C)CC2)cc1)C(C)CC. The molecule has 0 saturated carbocycles. The fourth-order valence-electron chi connectivity index (χ4n) is 4.70. The molecule has 2 aromatic carbocycles. The van der Waals surface area contributed by atoms with Crippen molar-refractivity contribution < 1.29 is 0 Å². The zero-order valence-corrected chi connectivity index (χ0v) is 23.5. The summed E-state index contributed by atoms with van der Waals surface area (Å²) in [5.41, 5.74) is 6.43. The van der Waals surface area contributed by atoms with Gasteiger partial charge in [0.2, 0.25) is 0 Å². The first kappa shape index (κ1) is 27.4. The predicted molar refractivity (Wildman–Crippen MR) is 162 cm³/mol. The Hall–Kier alpha value is -3.64. The first-order valence-corrected chi connectivity index (χ1v) is 13.6. The molecular weight excluding hydrogens is 470 g/mol. The van der Waals surface area contributed by atoms with E-state index in [9.17, 15) is 4.79 Å². The average molecular weight is 512 g/mol. The molecule has 1 N–H and O–H groups in total. The summed E-state index contributed by atoms with van der Waals surface area (Å²) in [6, 6.07) is 18.4. The first-order chi connectivity index (χ1) is 18.3. The van der Waals surface area contributed by atoms with Gasteiger partial charge in [-0.1, -0.05) is 50.3 Å². The number of hydrogen-bond donors (Lipinski definition) is 1. The third-order valence-electron chi connectivity index (χ3n) is 7.55. The van der Waals surface area contributed by atoms with Crippen molar-refractivity contribution in [2.24, 2.45) is 10.9 Å². The van der Waals surface area contributed by atoms with Crippen LogP contribution >= 0.6 is 0 Å². The highest BCUT2D eigenvalue weighted by atomic mass is 16.1. The van der Waals surface area contributed by atoms with Crippen molar-refractivity contribution in [3.05, 3.63) is 93.8 Å². The van der Waals surface area contributed by atoms with Gasteiger partial charge in [0.15, 0.2) is 0 Å². The molecular formula is C32H41N5O. The molecule has 0 spiro atoms. The monoisotopic (exact) mass is 511 g/mol. The summed E-state index contributed by atoms with van der Waals surface area (Å²) >= 11 is 0. The van der Waals surface area contributed by atoms with Gasteiger partial charge in [-0.05, 0) is 68.8 Å². The van der Waals surface area contributed by atoms with E-state index < -0.39 is 0 Å². The molecule has 0 amide bonds. The van der Waals surface area contributed by atoms with Gasteiger partial charge in [-0.15, -0.1) is 0 Å².